The van der Waals surface area contributed by atoms with E-state index in [2.05, 4.69) is 15.6 Å². The molecule has 5 atom stereocenters. The number of fused-ring (bicyclic) bond motifs is 2. The van der Waals surface area contributed by atoms with Gasteiger partial charge in [0.2, 0.25) is 5.91 Å². The molecule has 2 aliphatic rings. The Labute approximate surface area is 263 Å². The van der Waals surface area contributed by atoms with Crippen molar-refractivity contribution in [1.29, 1.82) is 0 Å². The lowest BCUT2D eigenvalue weighted by Crippen LogP contribution is -2.55. The minimum Gasteiger partial charge on any atom is -0.324 e. The number of piperazine rings is 1. The normalized spacial score (nSPS) is 23.4. The maximum absolute atomic E-state index is 15.2. The molecule has 5 rings (SSSR count). The van der Waals surface area contributed by atoms with E-state index in [4.69, 9.17) is 17.3 Å². The Kier molecular flexibility index (Phi) is 10.0. The summed E-state index contributed by atoms with van der Waals surface area (Å²) in [5.74, 6) is -3.34. The number of hydrogen-bond acceptors (Lipinski definition) is 7. The molecule has 1 aromatic heterocycles. The van der Waals surface area contributed by atoms with E-state index in [-0.39, 0.29) is 51.7 Å². The molecule has 6 N–H and O–H groups in total. The molecule has 2 aliphatic heterocycles. The zero-order valence-electron chi connectivity index (χ0n) is 23.9. The van der Waals surface area contributed by atoms with Crippen LogP contribution in [0, 0.1) is 11.6 Å². The van der Waals surface area contributed by atoms with E-state index in [0.29, 0.717) is 32.1 Å². The van der Waals surface area contributed by atoms with Gasteiger partial charge in [0.05, 0.1) is 22.4 Å². The number of aromatic nitrogens is 1. The third-order valence-electron chi connectivity index (χ3n) is 8.31. The van der Waals surface area contributed by atoms with Crippen LogP contribution < -0.4 is 16.4 Å². The number of nitrogens with one attached hydrogen (secondary N) is 2. The lowest BCUT2D eigenvalue weighted by molar-refractivity contribution is -0.137. The minimum absolute atomic E-state index is 0.0830. The summed E-state index contributed by atoms with van der Waals surface area (Å²) in [7, 11) is -2.97. The lowest BCUT2D eigenvalue weighted by Gasteiger charge is -2.49. The van der Waals surface area contributed by atoms with Crippen molar-refractivity contribution in [2.75, 3.05) is 24.2 Å². The molecule has 0 saturated carbocycles. The molecule has 0 radical (unpaired) electrons. The van der Waals surface area contributed by atoms with E-state index in [1.54, 1.807) is 4.31 Å². The van der Waals surface area contributed by atoms with Crippen molar-refractivity contribution in [3.05, 3.63) is 93.8 Å². The maximum Gasteiger partial charge on any atom is 0.417 e. The molecule has 2 aromatic carbocycles. The van der Waals surface area contributed by atoms with Gasteiger partial charge in [0.1, 0.15) is 11.6 Å². The van der Waals surface area contributed by atoms with E-state index in [0.717, 1.165) is 24.8 Å². The number of anilines is 1. The molecular formula is C30H33ClF5N5O3S. The molecular weight excluding hydrogens is 641 g/mol. The van der Waals surface area contributed by atoms with Gasteiger partial charge >= 0.3 is 6.18 Å². The number of halogens is 6. The van der Waals surface area contributed by atoms with E-state index in [9.17, 15) is 31.5 Å². The zero-order chi connectivity index (χ0) is 32.5. The van der Waals surface area contributed by atoms with Gasteiger partial charge in [-0.3, -0.25) is 18.9 Å². The Morgan fingerprint density at radius 2 is 1.93 bits per heavy atom. The van der Waals surface area contributed by atoms with Crippen LogP contribution in [0.5, 0.6) is 0 Å². The first-order chi connectivity index (χ1) is 21.2. The van der Waals surface area contributed by atoms with Crippen molar-refractivity contribution in [2.24, 2.45) is 5.73 Å². The number of carbonyl (C=O) groups is 1. The molecule has 8 nitrogen and oxygen atoms in total. The monoisotopic (exact) mass is 673 g/mol. The van der Waals surface area contributed by atoms with Crippen LogP contribution in [0.1, 0.15) is 47.4 Å². The molecule has 2 saturated heterocycles. The number of rotatable bonds is 8. The minimum atomic E-state index is -4.74. The summed E-state index contributed by atoms with van der Waals surface area (Å²) in [5.41, 5.74) is 5.53. The second-order valence-electron chi connectivity index (χ2n) is 11.3. The van der Waals surface area contributed by atoms with Crippen LogP contribution in [0.15, 0.2) is 54.9 Å². The number of amides is 1. The van der Waals surface area contributed by atoms with Gasteiger partial charge in [-0.1, -0.05) is 23.7 Å². The molecule has 15 heteroatoms. The van der Waals surface area contributed by atoms with E-state index >= 15 is 4.39 Å². The molecule has 2 fully saturated rings. The van der Waals surface area contributed by atoms with Crippen LogP contribution >= 0.6 is 22.4 Å². The van der Waals surface area contributed by atoms with Crippen molar-refractivity contribution in [3.63, 3.8) is 0 Å². The van der Waals surface area contributed by atoms with Crippen LogP contribution in [-0.4, -0.2) is 61.3 Å². The third-order valence-corrected chi connectivity index (χ3v) is 10.7. The van der Waals surface area contributed by atoms with Crippen molar-refractivity contribution < 1.29 is 35.9 Å². The Bertz CT molecular complexity index is 1550. The topological polar surface area (TPSA) is 124 Å². The highest BCUT2D eigenvalue weighted by Crippen LogP contribution is 2.49. The highest BCUT2D eigenvalue weighted by molar-refractivity contribution is 8.22. The number of nitrogens with zero attached hydrogens (tertiary/aromatic N) is 2. The van der Waals surface area contributed by atoms with E-state index in [1.807, 2.05) is 0 Å². The van der Waals surface area contributed by atoms with Crippen LogP contribution in [0.3, 0.4) is 0 Å². The molecule has 1 amide bonds. The quantitative estimate of drug-likeness (QED) is 0.181. The number of hydrogen-bond donors (Lipinski definition) is 5. The van der Waals surface area contributed by atoms with Gasteiger partial charge in [-0.15, -0.1) is 10.8 Å². The van der Waals surface area contributed by atoms with E-state index < -0.39 is 52.0 Å². The van der Waals surface area contributed by atoms with Crippen molar-refractivity contribution in [1.82, 2.24) is 14.6 Å². The zero-order valence-corrected chi connectivity index (χ0v) is 25.5. The van der Waals surface area contributed by atoms with Gasteiger partial charge in [-0.25, -0.2) is 13.1 Å². The fraction of sp³-hybridized carbons (Fsp3) is 0.400. The smallest absolute Gasteiger partial charge is 0.324 e. The number of pyridine rings is 1. The van der Waals surface area contributed by atoms with Gasteiger partial charge in [-0.05, 0) is 67.1 Å². The largest absolute Gasteiger partial charge is 0.417 e. The number of carbonyl (C=O) groups excluding carboxylic acids is 1. The second-order valence-corrected chi connectivity index (χ2v) is 13.9. The van der Waals surface area contributed by atoms with Crippen molar-refractivity contribution in [3.8, 4) is 0 Å². The van der Waals surface area contributed by atoms with Crippen molar-refractivity contribution in [2.45, 2.75) is 55.9 Å². The van der Waals surface area contributed by atoms with Crippen LogP contribution in [-0.2, 0) is 17.4 Å². The molecule has 45 heavy (non-hydrogen) atoms. The summed E-state index contributed by atoms with van der Waals surface area (Å²) in [5, 5.41) is 5.79. The van der Waals surface area contributed by atoms with Gasteiger partial charge < -0.3 is 16.4 Å². The summed E-state index contributed by atoms with van der Waals surface area (Å²) in [6.45, 7) is 0.936. The Hall–Kier alpha value is -2.85. The number of alkyl halides is 3. The molecule has 2 bridgehead atoms. The molecule has 3 aromatic rings. The number of nitrogens with two attached hydrogens (primary N) is 1. The first kappa shape index (κ1) is 33.5. The Morgan fingerprint density at radius 1 is 1.16 bits per heavy atom. The first-order valence-corrected chi connectivity index (χ1v) is 16.4. The van der Waals surface area contributed by atoms with Crippen LogP contribution in [0.2, 0.25) is 5.02 Å². The first-order valence-electron chi connectivity index (χ1n) is 14.3. The highest BCUT2D eigenvalue weighted by atomic mass is 35.5. The number of benzene rings is 2. The van der Waals surface area contributed by atoms with Gasteiger partial charge in [0, 0.05) is 54.7 Å². The SMILES string of the molecule is N[C@H](C(=O)Nc1cccc(F)c1CCC1CNC2CCCS(O)(O)N1C2)[C@H](c1cncc(C(F)(F)F)c1)c1ccc(Cl)c(F)c1. The van der Waals surface area contributed by atoms with E-state index in [1.165, 1.54) is 30.3 Å². The summed E-state index contributed by atoms with van der Waals surface area (Å²) >= 11 is 5.82. The molecule has 244 valence electrons. The fourth-order valence-corrected chi connectivity index (χ4v) is 7.96. The third kappa shape index (κ3) is 7.59. The summed E-state index contributed by atoms with van der Waals surface area (Å²) in [4.78, 5) is 17.2. The average molecular weight is 674 g/mol. The lowest BCUT2D eigenvalue weighted by atomic mass is 9.85. The predicted octanol–water partition coefficient (Wildman–Crippen LogP) is 6.16. The van der Waals surface area contributed by atoms with Gasteiger partial charge in [-0.2, -0.15) is 13.2 Å². The summed E-state index contributed by atoms with van der Waals surface area (Å²) < 4.78 is 93.4. The molecule has 0 aliphatic carbocycles. The Morgan fingerprint density at radius 3 is 2.67 bits per heavy atom. The standard InChI is InChI=1S/C30H33ClF5N5O3S/c31-23-9-6-17(12-25(23)33)27(18-11-19(14-38-13-18)30(34,35)36)28(37)29(42)40-26-5-1-4-24(32)22(26)8-7-21-15-39-20-3-2-10-45(43,44)41(21)16-20/h1,4-6,9,11-14,20-21,27-28,39,43-44H,2-3,7-8,10,15-16,37H2,(H,40,42)/t20?,21?,27-,28-/m0/s1. The fourth-order valence-electron chi connectivity index (χ4n) is 5.98. The Balaban J connectivity index is 1.40. The molecule has 3 unspecified atom stereocenters. The predicted molar refractivity (Wildman–Crippen MR) is 163 cm³/mol. The summed E-state index contributed by atoms with van der Waals surface area (Å²) in [6, 6.07) is 6.71. The van der Waals surface area contributed by atoms with Gasteiger partial charge in [0.15, 0.2) is 0 Å². The maximum atomic E-state index is 15.2. The van der Waals surface area contributed by atoms with Gasteiger partial charge in [0.25, 0.3) is 0 Å². The second kappa shape index (κ2) is 13.5. The molecule has 0 spiro atoms. The highest BCUT2D eigenvalue weighted by Gasteiger charge is 2.38. The van der Waals surface area contributed by atoms with Crippen molar-refractivity contribution >= 4 is 34.0 Å². The van der Waals surface area contributed by atoms with Crippen LogP contribution in [0.4, 0.5) is 27.6 Å². The van der Waals surface area contributed by atoms with Crippen LogP contribution in [0.25, 0.3) is 0 Å². The summed E-state index contributed by atoms with van der Waals surface area (Å²) in [6.07, 6.45) is -1.03. The average Bonchev–Trinajstić information content (AvgIpc) is 3.10. The molecule has 3 heterocycles.